The van der Waals surface area contributed by atoms with E-state index in [-0.39, 0.29) is 11.8 Å². The molecule has 0 unspecified atom stereocenters. The quantitative estimate of drug-likeness (QED) is 0.750. The second kappa shape index (κ2) is 8.80. The van der Waals surface area contributed by atoms with E-state index in [1.54, 1.807) is 0 Å². The van der Waals surface area contributed by atoms with Crippen LogP contribution < -0.4 is 10.6 Å². The number of nitrogens with one attached hydrogen (secondary N) is 2. The molecule has 1 aliphatic rings. The first kappa shape index (κ1) is 16.0. The van der Waals surface area contributed by atoms with Gasteiger partial charge in [0.1, 0.15) is 0 Å². The zero-order chi connectivity index (χ0) is 14.9. The Labute approximate surface area is 127 Å². The van der Waals surface area contributed by atoms with Crippen LogP contribution in [0.2, 0.25) is 0 Å². The number of benzene rings is 1. The molecule has 1 aromatic carbocycles. The SMILES string of the molecule is CN(CCCNC(=O)C1CCNCC1)Cc1ccccc1. The predicted octanol–water partition coefficient (Wildman–Crippen LogP) is 1.62. The number of amides is 1. The summed E-state index contributed by atoms with van der Waals surface area (Å²) < 4.78 is 0. The lowest BCUT2D eigenvalue weighted by Gasteiger charge is -2.22. The highest BCUT2D eigenvalue weighted by Gasteiger charge is 2.20. The maximum Gasteiger partial charge on any atom is 0.223 e. The molecular weight excluding hydrogens is 262 g/mol. The number of rotatable bonds is 7. The van der Waals surface area contributed by atoms with Crippen molar-refractivity contribution >= 4 is 5.91 Å². The maximum absolute atomic E-state index is 12.0. The van der Waals surface area contributed by atoms with E-state index in [2.05, 4.69) is 46.8 Å². The van der Waals surface area contributed by atoms with Gasteiger partial charge in [0.15, 0.2) is 0 Å². The molecule has 1 aliphatic heterocycles. The molecule has 0 radical (unpaired) electrons. The van der Waals surface area contributed by atoms with E-state index in [1.165, 1.54) is 5.56 Å². The van der Waals surface area contributed by atoms with Gasteiger partial charge in [-0.25, -0.2) is 0 Å². The van der Waals surface area contributed by atoms with Gasteiger partial charge in [-0.15, -0.1) is 0 Å². The molecule has 1 saturated heterocycles. The molecular formula is C17H27N3O. The van der Waals surface area contributed by atoms with Crippen molar-refractivity contribution in [1.82, 2.24) is 15.5 Å². The lowest BCUT2D eigenvalue weighted by atomic mass is 9.97. The summed E-state index contributed by atoms with van der Waals surface area (Å²) in [4.78, 5) is 14.3. The number of hydrogen-bond donors (Lipinski definition) is 2. The van der Waals surface area contributed by atoms with Crippen LogP contribution in [-0.4, -0.2) is 44.0 Å². The molecule has 0 bridgehead atoms. The van der Waals surface area contributed by atoms with Crippen LogP contribution in [0.15, 0.2) is 30.3 Å². The third-order valence-corrected chi connectivity index (χ3v) is 4.02. The fourth-order valence-corrected chi connectivity index (χ4v) is 2.76. The lowest BCUT2D eigenvalue weighted by Crippen LogP contribution is -2.39. The Morgan fingerprint density at radius 2 is 2.00 bits per heavy atom. The van der Waals surface area contributed by atoms with Gasteiger partial charge in [-0.05, 0) is 51.5 Å². The summed E-state index contributed by atoms with van der Waals surface area (Å²) in [5.74, 6) is 0.454. The monoisotopic (exact) mass is 289 g/mol. The minimum atomic E-state index is 0.216. The maximum atomic E-state index is 12.0. The van der Waals surface area contributed by atoms with Crippen LogP contribution in [0, 0.1) is 5.92 Å². The summed E-state index contributed by atoms with van der Waals surface area (Å²) in [6, 6.07) is 10.5. The standard InChI is InChI=1S/C17H27N3O/c1-20(14-15-6-3-2-4-7-15)13-5-10-19-17(21)16-8-11-18-12-9-16/h2-4,6-7,16,18H,5,8-14H2,1H3,(H,19,21). The van der Waals surface area contributed by atoms with Crippen LogP contribution in [0.25, 0.3) is 0 Å². The fourth-order valence-electron chi connectivity index (χ4n) is 2.76. The highest BCUT2D eigenvalue weighted by atomic mass is 16.1. The molecule has 0 aliphatic carbocycles. The number of carbonyl (C=O) groups is 1. The van der Waals surface area contributed by atoms with E-state index >= 15 is 0 Å². The zero-order valence-corrected chi connectivity index (χ0v) is 13.0. The van der Waals surface area contributed by atoms with Crippen LogP contribution in [0.5, 0.6) is 0 Å². The topological polar surface area (TPSA) is 44.4 Å². The van der Waals surface area contributed by atoms with Crippen LogP contribution in [0.4, 0.5) is 0 Å². The fraction of sp³-hybridized carbons (Fsp3) is 0.588. The van der Waals surface area contributed by atoms with E-state index in [1.807, 2.05) is 6.07 Å². The third kappa shape index (κ3) is 5.86. The molecule has 2 rings (SSSR count). The van der Waals surface area contributed by atoms with Crippen LogP contribution in [-0.2, 0) is 11.3 Å². The Hall–Kier alpha value is -1.39. The van der Waals surface area contributed by atoms with Crippen molar-refractivity contribution in [3.63, 3.8) is 0 Å². The van der Waals surface area contributed by atoms with Crippen molar-refractivity contribution < 1.29 is 4.79 Å². The van der Waals surface area contributed by atoms with Gasteiger partial charge in [-0.3, -0.25) is 4.79 Å². The lowest BCUT2D eigenvalue weighted by molar-refractivity contribution is -0.125. The molecule has 0 saturated carbocycles. The van der Waals surface area contributed by atoms with Crippen molar-refractivity contribution in [2.75, 3.05) is 33.2 Å². The van der Waals surface area contributed by atoms with Gasteiger partial charge in [0, 0.05) is 19.0 Å². The molecule has 4 heteroatoms. The molecule has 1 heterocycles. The molecule has 0 atom stereocenters. The molecule has 1 aromatic rings. The van der Waals surface area contributed by atoms with Gasteiger partial charge in [0.2, 0.25) is 5.91 Å². The first-order valence-corrected chi connectivity index (χ1v) is 7.96. The third-order valence-electron chi connectivity index (χ3n) is 4.02. The van der Waals surface area contributed by atoms with Crippen LogP contribution in [0.1, 0.15) is 24.8 Å². The number of nitrogens with zero attached hydrogens (tertiary/aromatic N) is 1. The Balaban J connectivity index is 1.57. The van der Waals surface area contributed by atoms with E-state index < -0.39 is 0 Å². The first-order chi connectivity index (χ1) is 10.3. The highest BCUT2D eigenvalue weighted by Crippen LogP contribution is 2.11. The summed E-state index contributed by atoms with van der Waals surface area (Å²) in [6.45, 7) is 4.68. The van der Waals surface area contributed by atoms with E-state index in [0.717, 1.165) is 52.0 Å². The van der Waals surface area contributed by atoms with Crippen molar-refractivity contribution in [3.05, 3.63) is 35.9 Å². The van der Waals surface area contributed by atoms with E-state index in [0.29, 0.717) is 0 Å². The zero-order valence-electron chi connectivity index (χ0n) is 13.0. The summed E-state index contributed by atoms with van der Waals surface area (Å²) in [5, 5.41) is 6.37. The van der Waals surface area contributed by atoms with E-state index in [9.17, 15) is 4.79 Å². The van der Waals surface area contributed by atoms with Crippen molar-refractivity contribution in [1.29, 1.82) is 0 Å². The van der Waals surface area contributed by atoms with Crippen molar-refractivity contribution in [2.24, 2.45) is 5.92 Å². The smallest absolute Gasteiger partial charge is 0.223 e. The van der Waals surface area contributed by atoms with E-state index in [4.69, 9.17) is 0 Å². The van der Waals surface area contributed by atoms with Gasteiger partial charge in [0.25, 0.3) is 0 Å². The van der Waals surface area contributed by atoms with Crippen LogP contribution in [0.3, 0.4) is 0 Å². The molecule has 0 aromatic heterocycles. The summed E-state index contributed by atoms with van der Waals surface area (Å²) in [6.07, 6.45) is 2.94. The van der Waals surface area contributed by atoms with Gasteiger partial charge in [0.05, 0.1) is 0 Å². The van der Waals surface area contributed by atoms with Crippen molar-refractivity contribution in [2.45, 2.75) is 25.8 Å². The second-order valence-corrected chi connectivity index (χ2v) is 5.89. The summed E-state index contributed by atoms with van der Waals surface area (Å²) >= 11 is 0. The molecule has 116 valence electrons. The average Bonchev–Trinajstić information content (AvgIpc) is 2.53. The number of carbonyl (C=O) groups excluding carboxylic acids is 1. The van der Waals surface area contributed by atoms with Crippen LogP contribution >= 0.6 is 0 Å². The first-order valence-electron chi connectivity index (χ1n) is 7.96. The molecule has 0 spiro atoms. The Kier molecular flexibility index (Phi) is 6.70. The Morgan fingerprint density at radius 1 is 1.29 bits per heavy atom. The minimum absolute atomic E-state index is 0.216. The Bertz CT molecular complexity index is 415. The predicted molar refractivity (Wildman–Crippen MR) is 86.0 cm³/mol. The summed E-state index contributed by atoms with van der Waals surface area (Å²) in [7, 11) is 2.13. The summed E-state index contributed by atoms with van der Waals surface area (Å²) in [5.41, 5.74) is 1.33. The largest absolute Gasteiger partial charge is 0.356 e. The molecule has 4 nitrogen and oxygen atoms in total. The van der Waals surface area contributed by atoms with Gasteiger partial charge in [-0.1, -0.05) is 30.3 Å². The normalized spacial score (nSPS) is 16.1. The average molecular weight is 289 g/mol. The van der Waals surface area contributed by atoms with Gasteiger partial charge in [-0.2, -0.15) is 0 Å². The van der Waals surface area contributed by atoms with Gasteiger partial charge < -0.3 is 15.5 Å². The highest BCUT2D eigenvalue weighted by molar-refractivity contribution is 5.78. The second-order valence-electron chi connectivity index (χ2n) is 5.89. The Morgan fingerprint density at radius 3 is 2.71 bits per heavy atom. The molecule has 1 fully saturated rings. The molecule has 1 amide bonds. The van der Waals surface area contributed by atoms with Crippen molar-refractivity contribution in [3.8, 4) is 0 Å². The molecule has 2 N–H and O–H groups in total. The number of hydrogen-bond acceptors (Lipinski definition) is 3. The number of piperidine rings is 1. The van der Waals surface area contributed by atoms with Gasteiger partial charge >= 0.3 is 0 Å². The molecule has 21 heavy (non-hydrogen) atoms. The minimum Gasteiger partial charge on any atom is -0.356 e.